The van der Waals surface area contributed by atoms with Gasteiger partial charge in [0, 0.05) is 16.5 Å². The molecule has 1 N–H and O–H groups in total. The van der Waals surface area contributed by atoms with E-state index in [2.05, 4.69) is 16.4 Å². The molecule has 1 aromatic carbocycles. The van der Waals surface area contributed by atoms with Crippen molar-refractivity contribution in [2.45, 2.75) is 12.3 Å². The molecule has 2 aliphatic rings. The molecule has 21 heavy (non-hydrogen) atoms. The molecule has 2 amide bonds. The Morgan fingerprint density at radius 2 is 2.19 bits per heavy atom. The van der Waals surface area contributed by atoms with Crippen molar-refractivity contribution < 1.29 is 4.79 Å². The molecule has 1 unspecified atom stereocenters. The van der Waals surface area contributed by atoms with Gasteiger partial charge in [0.05, 0.1) is 28.9 Å². The van der Waals surface area contributed by atoms with Gasteiger partial charge < -0.3 is 5.32 Å². The number of carbonyl (C=O) groups is 1. The summed E-state index contributed by atoms with van der Waals surface area (Å²) in [6, 6.07) is 5.19. The van der Waals surface area contributed by atoms with Crippen LogP contribution in [-0.2, 0) is 6.42 Å². The maximum atomic E-state index is 11.3. The first kappa shape index (κ1) is 13.9. The van der Waals surface area contributed by atoms with Gasteiger partial charge in [0.2, 0.25) is 0 Å². The largest absolute Gasteiger partial charge is 0.346 e. The number of nitrogens with one attached hydrogen (secondary N) is 1. The van der Waals surface area contributed by atoms with Gasteiger partial charge in [-0.15, -0.1) is 0 Å². The molecule has 0 radical (unpaired) electrons. The van der Waals surface area contributed by atoms with Gasteiger partial charge in [-0.2, -0.15) is 10.3 Å². The summed E-state index contributed by atoms with van der Waals surface area (Å²) in [6.07, 6.45) is 5.72. The topological polar surface area (TPSA) is 65.2 Å². The highest BCUT2D eigenvalue weighted by Gasteiger charge is 2.25. The summed E-state index contributed by atoms with van der Waals surface area (Å²) in [4.78, 5) is 15.1. The molecular formula is C15H9Cl2N3O. The van der Waals surface area contributed by atoms with E-state index in [0.29, 0.717) is 21.5 Å². The van der Waals surface area contributed by atoms with Crippen molar-refractivity contribution >= 4 is 34.9 Å². The van der Waals surface area contributed by atoms with Gasteiger partial charge in [-0.25, -0.2) is 4.79 Å². The lowest BCUT2D eigenvalue weighted by molar-refractivity contribution is 0.253. The first-order valence-corrected chi connectivity index (χ1v) is 6.99. The second kappa shape index (κ2) is 5.36. The van der Waals surface area contributed by atoms with Crippen LogP contribution in [0, 0.1) is 11.3 Å². The smallest absolute Gasteiger partial charge is 0.304 e. The predicted molar refractivity (Wildman–Crippen MR) is 81.7 cm³/mol. The number of hydrogen-bond acceptors (Lipinski definition) is 2. The highest BCUT2D eigenvalue weighted by atomic mass is 35.5. The van der Waals surface area contributed by atoms with Crippen LogP contribution in [0.4, 0.5) is 4.79 Å². The van der Waals surface area contributed by atoms with Crippen LogP contribution in [0.25, 0.3) is 0 Å². The monoisotopic (exact) mass is 317 g/mol. The maximum Gasteiger partial charge on any atom is 0.346 e. The van der Waals surface area contributed by atoms with E-state index in [4.69, 9.17) is 28.5 Å². The molecule has 0 saturated heterocycles. The van der Waals surface area contributed by atoms with Gasteiger partial charge in [-0.05, 0) is 23.8 Å². The number of hydrogen-bond donors (Lipinski definition) is 1. The van der Waals surface area contributed by atoms with Crippen molar-refractivity contribution in [3.8, 4) is 6.07 Å². The number of amides is 2. The predicted octanol–water partition coefficient (Wildman–Crippen LogP) is 3.76. The summed E-state index contributed by atoms with van der Waals surface area (Å²) in [5, 5.41) is 12.5. The van der Waals surface area contributed by atoms with Crippen molar-refractivity contribution in [1.82, 2.24) is 5.32 Å². The average Bonchev–Trinajstić information content (AvgIpc) is 2.81. The minimum Gasteiger partial charge on any atom is -0.304 e. The van der Waals surface area contributed by atoms with Crippen molar-refractivity contribution in [3.05, 3.63) is 57.2 Å². The van der Waals surface area contributed by atoms with Gasteiger partial charge in [-0.1, -0.05) is 35.3 Å². The lowest BCUT2D eigenvalue weighted by Gasteiger charge is -2.18. The van der Waals surface area contributed by atoms with Crippen LogP contribution in [-0.4, -0.2) is 11.7 Å². The molecule has 1 aromatic rings. The summed E-state index contributed by atoms with van der Waals surface area (Å²) < 4.78 is 0. The van der Waals surface area contributed by atoms with E-state index < -0.39 is 0 Å². The highest BCUT2D eigenvalue weighted by molar-refractivity contribution is 6.36. The second-order valence-electron chi connectivity index (χ2n) is 4.66. The lowest BCUT2D eigenvalue weighted by Crippen LogP contribution is -2.17. The standard InChI is InChI=1S/C15H9Cl2N3O/c16-10-3-1-8(5-6-18)14(17)13(10)9-2-4-11-12(7-9)20-15(21)19-11/h1-4,7,9H,5H2,(H,20,21). The number of nitrogens with zero attached hydrogens (tertiary/aromatic N) is 2. The van der Waals surface area contributed by atoms with Crippen molar-refractivity contribution in [2.75, 3.05) is 0 Å². The normalized spacial score (nSPS) is 19.5. The summed E-state index contributed by atoms with van der Waals surface area (Å²) in [5.41, 5.74) is 2.73. The lowest BCUT2D eigenvalue weighted by atomic mass is 9.91. The molecule has 0 fully saturated rings. The fraction of sp³-hybridized carbons (Fsp3) is 0.133. The Kier molecular flexibility index (Phi) is 3.54. The number of benzene rings is 1. The quantitative estimate of drug-likeness (QED) is 0.902. The summed E-state index contributed by atoms with van der Waals surface area (Å²) in [6.45, 7) is 0. The average molecular weight is 318 g/mol. The zero-order valence-electron chi connectivity index (χ0n) is 10.7. The number of aliphatic imine (C=N–C) groups is 1. The van der Waals surface area contributed by atoms with Gasteiger partial charge >= 0.3 is 6.03 Å². The molecule has 1 heterocycles. The van der Waals surface area contributed by atoms with Crippen LogP contribution in [0.1, 0.15) is 17.0 Å². The van der Waals surface area contributed by atoms with E-state index in [9.17, 15) is 4.79 Å². The highest BCUT2D eigenvalue weighted by Crippen LogP contribution is 2.37. The summed E-state index contributed by atoms with van der Waals surface area (Å²) in [5.74, 6) is -0.170. The Bertz CT molecular complexity index is 772. The van der Waals surface area contributed by atoms with Gasteiger partial charge in [0.1, 0.15) is 0 Å². The number of nitriles is 1. The third-order valence-corrected chi connectivity index (χ3v) is 4.13. The Labute approximate surface area is 131 Å². The first-order chi connectivity index (χ1) is 10.1. The number of urea groups is 1. The Morgan fingerprint density at radius 1 is 1.38 bits per heavy atom. The van der Waals surface area contributed by atoms with Crippen LogP contribution in [0.15, 0.2) is 41.1 Å². The van der Waals surface area contributed by atoms with Gasteiger partial charge in [0.15, 0.2) is 0 Å². The Balaban J connectivity index is 2.05. The molecule has 4 nitrogen and oxygen atoms in total. The number of carbonyl (C=O) groups excluding carboxylic acids is 1. The maximum absolute atomic E-state index is 11.3. The van der Waals surface area contributed by atoms with E-state index >= 15 is 0 Å². The summed E-state index contributed by atoms with van der Waals surface area (Å²) >= 11 is 12.6. The van der Waals surface area contributed by atoms with Gasteiger partial charge in [0.25, 0.3) is 0 Å². The second-order valence-corrected chi connectivity index (χ2v) is 5.45. The molecular weight excluding hydrogens is 309 g/mol. The van der Waals surface area contributed by atoms with Crippen molar-refractivity contribution in [1.29, 1.82) is 5.26 Å². The third kappa shape index (κ3) is 2.46. The van der Waals surface area contributed by atoms with Crippen LogP contribution in [0.3, 0.4) is 0 Å². The fourth-order valence-corrected chi connectivity index (χ4v) is 3.07. The molecule has 1 aliphatic carbocycles. The number of allylic oxidation sites excluding steroid dienone is 3. The molecule has 0 saturated carbocycles. The minimum atomic E-state index is -0.378. The molecule has 3 rings (SSSR count). The third-order valence-electron chi connectivity index (χ3n) is 3.36. The van der Waals surface area contributed by atoms with Crippen LogP contribution in [0.5, 0.6) is 0 Å². The summed E-state index contributed by atoms with van der Waals surface area (Å²) in [7, 11) is 0. The Morgan fingerprint density at radius 3 is 2.95 bits per heavy atom. The van der Waals surface area contributed by atoms with Crippen LogP contribution in [0.2, 0.25) is 10.0 Å². The SMILES string of the molecule is N#CCc1ccc(Cl)c(C2C=CC3=NC(=O)NC3=C2)c1Cl. The molecule has 0 aromatic heterocycles. The van der Waals surface area contributed by atoms with E-state index in [0.717, 1.165) is 11.1 Å². The van der Waals surface area contributed by atoms with E-state index in [1.165, 1.54) is 0 Å². The van der Waals surface area contributed by atoms with Crippen LogP contribution >= 0.6 is 23.2 Å². The minimum absolute atomic E-state index is 0.170. The zero-order chi connectivity index (χ0) is 15.0. The molecule has 104 valence electrons. The zero-order valence-corrected chi connectivity index (χ0v) is 12.2. The molecule has 6 heteroatoms. The number of fused-ring (bicyclic) bond motifs is 1. The molecule has 0 bridgehead atoms. The molecule has 0 spiro atoms. The fourth-order valence-electron chi connectivity index (χ4n) is 2.38. The van der Waals surface area contributed by atoms with Gasteiger partial charge in [-0.3, -0.25) is 0 Å². The molecule has 1 aliphatic heterocycles. The van der Waals surface area contributed by atoms with E-state index in [-0.39, 0.29) is 18.4 Å². The van der Waals surface area contributed by atoms with E-state index in [1.54, 1.807) is 18.2 Å². The van der Waals surface area contributed by atoms with Crippen molar-refractivity contribution in [2.24, 2.45) is 4.99 Å². The number of rotatable bonds is 2. The number of halogens is 2. The Hall–Kier alpha value is -2.09. The molecule has 1 atom stereocenters. The van der Waals surface area contributed by atoms with E-state index in [1.807, 2.05) is 12.2 Å². The van der Waals surface area contributed by atoms with Crippen LogP contribution < -0.4 is 5.32 Å². The first-order valence-electron chi connectivity index (χ1n) is 6.24. The van der Waals surface area contributed by atoms with Crippen molar-refractivity contribution in [3.63, 3.8) is 0 Å².